The molecule has 0 bridgehead atoms. The summed E-state index contributed by atoms with van der Waals surface area (Å²) in [6.07, 6.45) is 0. The van der Waals surface area contributed by atoms with Crippen LogP contribution in [0, 0.1) is 18.6 Å². The number of nitrogens with zero attached hydrogens (tertiary/aromatic N) is 2. The van der Waals surface area contributed by atoms with Crippen LogP contribution in [0.2, 0.25) is 0 Å². The van der Waals surface area contributed by atoms with Gasteiger partial charge in [0.1, 0.15) is 17.4 Å². The lowest BCUT2D eigenvalue weighted by molar-refractivity contribution is -0.116. The van der Waals surface area contributed by atoms with Crippen LogP contribution in [0.1, 0.15) is 17.6 Å². The Bertz CT molecular complexity index is 1020. The van der Waals surface area contributed by atoms with Crippen molar-refractivity contribution >= 4 is 46.4 Å². The molecule has 0 aliphatic heterocycles. The Morgan fingerprint density at radius 2 is 2.10 bits per heavy atom. The standard InChI is InChI=1S/C20H19F2N3O3S2/c1-12-8-18(24-28-12)23-20(27)13(2)30-11-19(26)25(10-15-4-3-7-29-15)17-6-5-14(21)9-16(17)22/h3-9,13H,10-11H2,1-2H3,(H,23,24,27). The zero-order valence-electron chi connectivity index (χ0n) is 16.2. The van der Waals surface area contributed by atoms with Crippen molar-refractivity contribution in [1.29, 1.82) is 0 Å². The monoisotopic (exact) mass is 451 g/mol. The van der Waals surface area contributed by atoms with Crippen molar-refractivity contribution < 1.29 is 22.9 Å². The van der Waals surface area contributed by atoms with Crippen LogP contribution in [-0.2, 0) is 16.1 Å². The molecule has 2 aromatic heterocycles. The normalized spacial score (nSPS) is 11.9. The zero-order chi connectivity index (χ0) is 21.7. The van der Waals surface area contributed by atoms with Crippen molar-refractivity contribution in [2.75, 3.05) is 16.0 Å². The third kappa shape index (κ3) is 5.67. The third-order valence-electron chi connectivity index (χ3n) is 4.10. The molecule has 30 heavy (non-hydrogen) atoms. The molecule has 2 amide bonds. The van der Waals surface area contributed by atoms with E-state index in [1.165, 1.54) is 22.3 Å². The van der Waals surface area contributed by atoms with Gasteiger partial charge in [0.15, 0.2) is 5.82 Å². The molecule has 0 aliphatic rings. The van der Waals surface area contributed by atoms with E-state index in [-0.39, 0.29) is 23.9 Å². The minimum Gasteiger partial charge on any atom is -0.360 e. The predicted molar refractivity (Wildman–Crippen MR) is 114 cm³/mol. The lowest BCUT2D eigenvalue weighted by Crippen LogP contribution is -2.33. The highest BCUT2D eigenvalue weighted by molar-refractivity contribution is 8.01. The first-order chi connectivity index (χ1) is 14.3. The molecule has 0 saturated heterocycles. The number of thiophene rings is 1. The molecule has 3 aromatic rings. The number of aromatic nitrogens is 1. The highest BCUT2D eigenvalue weighted by Gasteiger charge is 2.23. The average molecular weight is 452 g/mol. The molecule has 0 spiro atoms. The second kappa shape index (κ2) is 9.86. The van der Waals surface area contributed by atoms with E-state index in [0.29, 0.717) is 11.6 Å². The van der Waals surface area contributed by atoms with Crippen LogP contribution in [0.3, 0.4) is 0 Å². The van der Waals surface area contributed by atoms with E-state index in [9.17, 15) is 18.4 Å². The van der Waals surface area contributed by atoms with Crippen molar-refractivity contribution in [3.8, 4) is 0 Å². The molecule has 2 heterocycles. The summed E-state index contributed by atoms with van der Waals surface area (Å²) >= 11 is 2.54. The number of anilines is 2. The summed E-state index contributed by atoms with van der Waals surface area (Å²) in [6, 6.07) is 8.33. The second-order valence-corrected chi connectivity index (χ2v) is 8.78. The van der Waals surface area contributed by atoms with Crippen molar-refractivity contribution in [1.82, 2.24) is 5.16 Å². The fourth-order valence-electron chi connectivity index (χ4n) is 2.57. The average Bonchev–Trinajstić information content (AvgIpc) is 3.36. The van der Waals surface area contributed by atoms with Gasteiger partial charge in [-0.05, 0) is 37.4 Å². The number of aryl methyl sites for hydroxylation is 1. The van der Waals surface area contributed by atoms with Gasteiger partial charge in [-0.2, -0.15) is 0 Å². The van der Waals surface area contributed by atoms with E-state index in [1.807, 2.05) is 17.5 Å². The quantitative estimate of drug-likeness (QED) is 0.541. The van der Waals surface area contributed by atoms with Crippen LogP contribution in [-0.4, -0.2) is 28.0 Å². The van der Waals surface area contributed by atoms with Gasteiger partial charge in [-0.15, -0.1) is 23.1 Å². The maximum Gasteiger partial charge on any atom is 0.238 e. The van der Waals surface area contributed by atoms with E-state index in [4.69, 9.17) is 4.52 Å². The van der Waals surface area contributed by atoms with E-state index in [1.54, 1.807) is 19.9 Å². The van der Waals surface area contributed by atoms with E-state index >= 15 is 0 Å². The maximum absolute atomic E-state index is 14.3. The van der Waals surface area contributed by atoms with Crippen LogP contribution in [0.5, 0.6) is 0 Å². The van der Waals surface area contributed by atoms with Crippen LogP contribution in [0.4, 0.5) is 20.3 Å². The zero-order valence-corrected chi connectivity index (χ0v) is 17.9. The lowest BCUT2D eigenvalue weighted by atomic mass is 10.2. The molecule has 0 saturated carbocycles. The van der Waals surface area contributed by atoms with Crippen molar-refractivity contribution in [3.63, 3.8) is 0 Å². The number of hydrogen-bond acceptors (Lipinski definition) is 6. The largest absolute Gasteiger partial charge is 0.360 e. The summed E-state index contributed by atoms with van der Waals surface area (Å²) in [4.78, 5) is 27.3. The van der Waals surface area contributed by atoms with Gasteiger partial charge in [0.2, 0.25) is 11.8 Å². The predicted octanol–water partition coefficient (Wildman–Crippen LogP) is 4.62. The summed E-state index contributed by atoms with van der Waals surface area (Å²) in [6.45, 7) is 3.51. The minimum atomic E-state index is -0.822. The smallest absolute Gasteiger partial charge is 0.238 e. The molecule has 10 heteroatoms. The molecule has 0 radical (unpaired) electrons. The second-order valence-electron chi connectivity index (χ2n) is 6.42. The minimum absolute atomic E-state index is 0.00873. The summed E-state index contributed by atoms with van der Waals surface area (Å²) < 4.78 is 32.6. The van der Waals surface area contributed by atoms with Crippen molar-refractivity contribution in [2.24, 2.45) is 0 Å². The Hall–Kier alpha value is -2.72. The van der Waals surface area contributed by atoms with Gasteiger partial charge in [-0.1, -0.05) is 11.2 Å². The fraction of sp³-hybridized carbons (Fsp3) is 0.250. The molecule has 6 nitrogen and oxygen atoms in total. The van der Waals surface area contributed by atoms with Crippen LogP contribution in [0.15, 0.2) is 46.3 Å². The molecule has 1 N–H and O–H groups in total. The number of amides is 2. The number of rotatable bonds is 8. The molecular formula is C20H19F2N3O3S2. The highest BCUT2D eigenvalue weighted by atomic mass is 32.2. The van der Waals surface area contributed by atoms with Crippen molar-refractivity contribution in [2.45, 2.75) is 25.6 Å². The number of thioether (sulfide) groups is 1. The summed E-state index contributed by atoms with van der Waals surface area (Å²) in [5, 5.41) is 7.60. The Kier molecular flexibility index (Phi) is 7.22. The number of halogens is 2. The molecule has 1 atom stereocenters. The van der Waals surface area contributed by atoms with Gasteiger partial charge in [0, 0.05) is 17.0 Å². The van der Waals surface area contributed by atoms with Crippen LogP contribution in [0.25, 0.3) is 0 Å². The fourth-order valence-corrected chi connectivity index (χ4v) is 4.02. The van der Waals surface area contributed by atoms with Crippen molar-refractivity contribution in [3.05, 3.63) is 64.1 Å². The molecule has 1 unspecified atom stereocenters. The highest BCUT2D eigenvalue weighted by Crippen LogP contribution is 2.25. The Morgan fingerprint density at radius 1 is 1.30 bits per heavy atom. The summed E-state index contributed by atoms with van der Waals surface area (Å²) in [5.41, 5.74) is -0.00873. The van der Waals surface area contributed by atoms with E-state index in [0.717, 1.165) is 28.8 Å². The molecule has 0 aliphatic carbocycles. The van der Waals surface area contributed by atoms with Gasteiger partial charge in [-0.3, -0.25) is 9.59 Å². The first-order valence-corrected chi connectivity index (χ1v) is 10.9. The molecule has 1 aromatic carbocycles. The molecular weight excluding hydrogens is 432 g/mol. The van der Waals surface area contributed by atoms with E-state index < -0.39 is 22.8 Å². The first-order valence-electron chi connectivity index (χ1n) is 8.97. The summed E-state index contributed by atoms with van der Waals surface area (Å²) in [5.74, 6) is -1.47. The van der Waals surface area contributed by atoms with Crippen LogP contribution >= 0.6 is 23.1 Å². The lowest BCUT2D eigenvalue weighted by Gasteiger charge is -2.23. The van der Waals surface area contributed by atoms with Crippen LogP contribution < -0.4 is 10.2 Å². The third-order valence-corrected chi connectivity index (χ3v) is 6.09. The number of nitrogens with one attached hydrogen (secondary N) is 1. The maximum atomic E-state index is 14.3. The van der Waals surface area contributed by atoms with Gasteiger partial charge in [0.25, 0.3) is 0 Å². The van der Waals surface area contributed by atoms with E-state index in [2.05, 4.69) is 10.5 Å². The Labute approximate surface area is 180 Å². The number of benzene rings is 1. The van der Waals surface area contributed by atoms with Gasteiger partial charge < -0.3 is 14.7 Å². The Morgan fingerprint density at radius 3 is 2.73 bits per heavy atom. The van der Waals surface area contributed by atoms with Gasteiger partial charge >= 0.3 is 0 Å². The Balaban J connectivity index is 1.67. The number of carbonyl (C=O) groups excluding carboxylic acids is 2. The topological polar surface area (TPSA) is 75.4 Å². The molecule has 158 valence electrons. The first kappa shape index (κ1) is 22.0. The molecule has 0 fully saturated rings. The molecule has 3 rings (SSSR count). The number of hydrogen-bond donors (Lipinski definition) is 1. The SMILES string of the molecule is Cc1cc(NC(=O)C(C)SCC(=O)N(Cc2cccs2)c2ccc(F)cc2F)no1. The number of carbonyl (C=O) groups is 2. The van der Waals surface area contributed by atoms with Gasteiger partial charge in [-0.25, -0.2) is 8.78 Å². The summed E-state index contributed by atoms with van der Waals surface area (Å²) in [7, 11) is 0. The van der Waals surface area contributed by atoms with Gasteiger partial charge in [0.05, 0.1) is 23.2 Å².